The molecule has 5 nitrogen and oxygen atoms in total. The molecule has 112 valence electrons. The smallest absolute Gasteiger partial charge is 0.331 e. The molecule has 1 heterocycles. The quantitative estimate of drug-likeness (QED) is 0.643. The Bertz CT molecular complexity index is 755. The monoisotopic (exact) mass is 299 g/mol. The van der Waals surface area contributed by atoms with Gasteiger partial charge in [0.25, 0.3) is 0 Å². The van der Waals surface area contributed by atoms with E-state index in [2.05, 4.69) is 9.84 Å². The van der Waals surface area contributed by atoms with Crippen LogP contribution in [-0.4, -0.2) is 22.4 Å². The summed E-state index contributed by atoms with van der Waals surface area (Å²) in [5.74, 6) is -0.902. The van der Waals surface area contributed by atoms with Gasteiger partial charge in [-0.1, -0.05) is 0 Å². The SMILES string of the molecule is Cc1nn(-c2ccc(F)cc2)c(C)c1/C=C/C(=O)OCC#N. The van der Waals surface area contributed by atoms with Crippen molar-refractivity contribution in [2.24, 2.45) is 0 Å². The maximum Gasteiger partial charge on any atom is 0.331 e. The Morgan fingerprint density at radius 2 is 2.09 bits per heavy atom. The summed E-state index contributed by atoms with van der Waals surface area (Å²) in [6.07, 6.45) is 2.85. The number of nitrogens with zero attached hydrogens (tertiary/aromatic N) is 3. The third-order valence-electron chi connectivity index (χ3n) is 3.08. The number of nitriles is 1. The van der Waals surface area contributed by atoms with Gasteiger partial charge in [0, 0.05) is 17.3 Å². The van der Waals surface area contributed by atoms with E-state index >= 15 is 0 Å². The van der Waals surface area contributed by atoms with Crippen molar-refractivity contribution >= 4 is 12.0 Å². The van der Waals surface area contributed by atoms with Crippen LogP contribution in [0.3, 0.4) is 0 Å². The zero-order valence-electron chi connectivity index (χ0n) is 12.2. The topological polar surface area (TPSA) is 67.9 Å². The van der Waals surface area contributed by atoms with Crippen molar-refractivity contribution in [3.05, 3.63) is 53.1 Å². The first-order valence-electron chi connectivity index (χ1n) is 6.57. The molecule has 0 radical (unpaired) electrons. The summed E-state index contributed by atoms with van der Waals surface area (Å²) in [6, 6.07) is 7.71. The summed E-state index contributed by atoms with van der Waals surface area (Å²) in [5, 5.41) is 12.7. The second-order valence-corrected chi connectivity index (χ2v) is 4.57. The third kappa shape index (κ3) is 3.38. The van der Waals surface area contributed by atoms with Crippen LogP contribution in [0.2, 0.25) is 0 Å². The van der Waals surface area contributed by atoms with E-state index < -0.39 is 5.97 Å². The average molecular weight is 299 g/mol. The third-order valence-corrected chi connectivity index (χ3v) is 3.08. The summed E-state index contributed by atoms with van der Waals surface area (Å²) in [5.41, 5.74) is 3.05. The van der Waals surface area contributed by atoms with E-state index in [1.807, 2.05) is 13.8 Å². The molecule has 0 aliphatic carbocycles. The molecule has 2 aromatic rings. The highest BCUT2D eigenvalue weighted by molar-refractivity contribution is 5.87. The van der Waals surface area contributed by atoms with Gasteiger partial charge in [0.1, 0.15) is 11.9 Å². The van der Waals surface area contributed by atoms with Gasteiger partial charge >= 0.3 is 5.97 Å². The highest BCUT2D eigenvalue weighted by atomic mass is 19.1. The number of hydrogen-bond acceptors (Lipinski definition) is 4. The highest BCUT2D eigenvalue weighted by Gasteiger charge is 2.11. The highest BCUT2D eigenvalue weighted by Crippen LogP contribution is 2.19. The predicted octanol–water partition coefficient (Wildman–Crippen LogP) is 2.71. The summed E-state index contributed by atoms with van der Waals surface area (Å²) < 4.78 is 19.3. The summed E-state index contributed by atoms with van der Waals surface area (Å²) >= 11 is 0. The van der Waals surface area contributed by atoms with Crippen molar-refractivity contribution < 1.29 is 13.9 Å². The molecular formula is C16H14FN3O2. The van der Waals surface area contributed by atoms with Gasteiger partial charge in [-0.3, -0.25) is 0 Å². The molecule has 1 aromatic heterocycles. The maximum atomic E-state index is 13.0. The number of ether oxygens (including phenoxy) is 1. The molecule has 0 aliphatic rings. The Hall–Kier alpha value is -2.94. The molecule has 0 saturated heterocycles. The lowest BCUT2D eigenvalue weighted by atomic mass is 10.2. The molecular weight excluding hydrogens is 285 g/mol. The fourth-order valence-corrected chi connectivity index (χ4v) is 2.03. The van der Waals surface area contributed by atoms with Gasteiger partial charge in [0.05, 0.1) is 11.4 Å². The van der Waals surface area contributed by atoms with E-state index in [4.69, 9.17) is 5.26 Å². The van der Waals surface area contributed by atoms with Crippen LogP contribution in [0.1, 0.15) is 17.0 Å². The molecule has 0 saturated carbocycles. The van der Waals surface area contributed by atoms with Crippen LogP contribution in [0.4, 0.5) is 4.39 Å². The first-order chi connectivity index (χ1) is 10.5. The number of halogens is 1. The Labute approximate surface area is 127 Å². The standard InChI is InChI=1S/C16H14FN3O2/c1-11-15(7-8-16(21)22-10-9-18)12(2)20(19-11)14-5-3-13(17)4-6-14/h3-8H,10H2,1-2H3/b8-7+. The lowest BCUT2D eigenvalue weighted by Gasteiger charge is -2.04. The van der Waals surface area contributed by atoms with E-state index in [-0.39, 0.29) is 12.4 Å². The maximum absolute atomic E-state index is 13.0. The van der Waals surface area contributed by atoms with Gasteiger partial charge in [0.15, 0.2) is 6.61 Å². The van der Waals surface area contributed by atoms with E-state index in [9.17, 15) is 9.18 Å². The minimum absolute atomic E-state index is 0.282. The fourth-order valence-electron chi connectivity index (χ4n) is 2.03. The van der Waals surface area contributed by atoms with Gasteiger partial charge in [-0.15, -0.1) is 0 Å². The lowest BCUT2D eigenvalue weighted by Crippen LogP contribution is -2.00. The number of aryl methyl sites for hydroxylation is 1. The number of benzene rings is 1. The minimum Gasteiger partial charge on any atom is -0.447 e. The van der Waals surface area contributed by atoms with Crippen LogP contribution >= 0.6 is 0 Å². The molecule has 0 fully saturated rings. The van der Waals surface area contributed by atoms with E-state index in [0.29, 0.717) is 0 Å². The molecule has 0 aliphatic heterocycles. The number of hydrogen-bond donors (Lipinski definition) is 0. The van der Waals surface area contributed by atoms with Gasteiger partial charge in [-0.05, 0) is 44.2 Å². The number of carbonyl (C=O) groups excluding carboxylic acids is 1. The van der Waals surface area contributed by atoms with Crippen molar-refractivity contribution in [2.75, 3.05) is 6.61 Å². The molecule has 0 spiro atoms. The first-order valence-corrected chi connectivity index (χ1v) is 6.57. The van der Waals surface area contributed by atoms with Crippen LogP contribution in [0, 0.1) is 31.0 Å². The Kier molecular flexibility index (Phi) is 4.69. The fraction of sp³-hybridized carbons (Fsp3) is 0.188. The van der Waals surface area contributed by atoms with Crippen molar-refractivity contribution in [2.45, 2.75) is 13.8 Å². The van der Waals surface area contributed by atoms with E-state index in [1.165, 1.54) is 18.2 Å². The molecule has 0 amide bonds. The second kappa shape index (κ2) is 6.68. The Balaban J connectivity index is 2.28. The van der Waals surface area contributed by atoms with Crippen molar-refractivity contribution in [3.8, 4) is 11.8 Å². The summed E-state index contributed by atoms with van der Waals surface area (Å²) in [4.78, 5) is 11.4. The van der Waals surface area contributed by atoms with Gasteiger partial charge in [-0.25, -0.2) is 13.9 Å². The number of carbonyl (C=O) groups is 1. The van der Waals surface area contributed by atoms with Crippen molar-refractivity contribution in [1.82, 2.24) is 9.78 Å². The molecule has 0 N–H and O–H groups in total. The Morgan fingerprint density at radius 3 is 2.73 bits per heavy atom. The molecule has 6 heteroatoms. The second-order valence-electron chi connectivity index (χ2n) is 4.57. The van der Waals surface area contributed by atoms with E-state index in [0.717, 1.165) is 22.6 Å². The predicted molar refractivity (Wildman–Crippen MR) is 78.6 cm³/mol. The van der Waals surface area contributed by atoms with Crippen molar-refractivity contribution in [1.29, 1.82) is 5.26 Å². The number of rotatable bonds is 4. The Morgan fingerprint density at radius 1 is 1.41 bits per heavy atom. The summed E-state index contributed by atoms with van der Waals surface area (Å²) in [7, 11) is 0. The van der Waals surface area contributed by atoms with Gasteiger partial charge < -0.3 is 4.74 Å². The summed E-state index contributed by atoms with van der Waals surface area (Å²) in [6.45, 7) is 3.38. The van der Waals surface area contributed by atoms with Crippen LogP contribution in [-0.2, 0) is 9.53 Å². The lowest BCUT2D eigenvalue weighted by molar-refractivity contribution is -0.136. The normalized spacial score (nSPS) is 10.6. The molecule has 0 unspecified atom stereocenters. The zero-order chi connectivity index (χ0) is 16.1. The van der Waals surface area contributed by atoms with Gasteiger partial charge in [0.2, 0.25) is 0 Å². The van der Waals surface area contributed by atoms with Crippen LogP contribution in [0.25, 0.3) is 11.8 Å². The number of aromatic nitrogens is 2. The van der Waals surface area contributed by atoms with Crippen LogP contribution in [0.15, 0.2) is 30.3 Å². The largest absolute Gasteiger partial charge is 0.447 e. The molecule has 2 rings (SSSR count). The number of esters is 1. The first kappa shape index (κ1) is 15.4. The average Bonchev–Trinajstić information content (AvgIpc) is 2.78. The minimum atomic E-state index is -0.588. The molecule has 0 bridgehead atoms. The zero-order valence-corrected chi connectivity index (χ0v) is 12.2. The molecule has 22 heavy (non-hydrogen) atoms. The van der Waals surface area contributed by atoms with Gasteiger partial charge in [-0.2, -0.15) is 10.4 Å². The van der Waals surface area contributed by atoms with Crippen LogP contribution < -0.4 is 0 Å². The molecule has 1 aromatic carbocycles. The van der Waals surface area contributed by atoms with Crippen molar-refractivity contribution in [3.63, 3.8) is 0 Å². The van der Waals surface area contributed by atoms with E-state index in [1.54, 1.807) is 29.0 Å². The van der Waals surface area contributed by atoms with Crippen LogP contribution in [0.5, 0.6) is 0 Å². The molecule has 0 atom stereocenters.